The summed E-state index contributed by atoms with van der Waals surface area (Å²) in [7, 11) is 2.06. The molecule has 3 heterocycles. The Morgan fingerprint density at radius 1 is 1.24 bits per heavy atom. The van der Waals surface area contributed by atoms with E-state index in [1.54, 1.807) is 18.3 Å². The summed E-state index contributed by atoms with van der Waals surface area (Å²) < 4.78 is 5.35. The van der Waals surface area contributed by atoms with Gasteiger partial charge in [-0.1, -0.05) is 12.1 Å². The van der Waals surface area contributed by atoms with Crippen LogP contribution in [0.25, 0.3) is 28.4 Å². The van der Waals surface area contributed by atoms with Crippen LogP contribution in [0.5, 0.6) is 0 Å². The SMILES string of the molecule is CN1C=Cc2cc(-c3cnc4ccc(C(=O)NCC5CCO5)cc4n3)ccc2C1. The maximum atomic E-state index is 12.4. The van der Waals surface area contributed by atoms with Gasteiger partial charge in [0.2, 0.25) is 0 Å². The molecular formula is C23H22N4O2. The molecule has 1 amide bonds. The number of ether oxygens (including phenoxy) is 1. The molecule has 6 nitrogen and oxygen atoms in total. The normalized spacial score (nSPS) is 17.7. The van der Waals surface area contributed by atoms with E-state index in [2.05, 4.69) is 52.7 Å². The van der Waals surface area contributed by atoms with Crippen LogP contribution in [0, 0.1) is 0 Å². The zero-order valence-corrected chi connectivity index (χ0v) is 16.3. The lowest BCUT2D eigenvalue weighted by Gasteiger charge is -2.26. The van der Waals surface area contributed by atoms with Crippen molar-refractivity contribution in [2.75, 3.05) is 20.2 Å². The van der Waals surface area contributed by atoms with Gasteiger partial charge in [-0.2, -0.15) is 0 Å². The molecule has 0 radical (unpaired) electrons. The first-order valence-corrected chi connectivity index (χ1v) is 9.84. The predicted octanol–water partition coefficient (Wildman–Crippen LogP) is 3.23. The number of aromatic nitrogens is 2. The van der Waals surface area contributed by atoms with Gasteiger partial charge in [0, 0.05) is 37.9 Å². The molecule has 2 aliphatic heterocycles. The molecular weight excluding hydrogens is 364 g/mol. The molecule has 1 fully saturated rings. The Morgan fingerprint density at radius 3 is 2.97 bits per heavy atom. The highest BCUT2D eigenvalue weighted by Gasteiger charge is 2.19. The average molecular weight is 386 g/mol. The second kappa shape index (κ2) is 7.29. The van der Waals surface area contributed by atoms with E-state index < -0.39 is 0 Å². The molecule has 1 atom stereocenters. The first-order valence-electron chi connectivity index (χ1n) is 9.84. The molecule has 1 unspecified atom stereocenters. The van der Waals surface area contributed by atoms with Crippen molar-refractivity contribution >= 4 is 23.0 Å². The van der Waals surface area contributed by atoms with Crippen molar-refractivity contribution in [3.8, 4) is 11.3 Å². The van der Waals surface area contributed by atoms with Crippen molar-refractivity contribution in [2.24, 2.45) is 0 Å². The number of hydrogen-bond donors (Lipinski definition) is 1. The summed E-state index contributed by atoms with van der Waals surface area (Å²) in [6, 6.07) is 11.8. The minimum absolute atomic E-state index is 0.113. The Hall–Kier alpha value is -3.25. The number of hydrogen-bond acceptors (Lipinski definition) is 5. The van der Waals surface area contributed by atoms with Crippen LogP contribution in [0.3, 0.4) is 0 Å². The van der Waals surface area contributed by atoms with E-state index in [9.17, 15) is 4.79 Å². The summed E-state index contributed by atoms with van der Waals surface area (Å²) in [6.07, 6.45) is 7.13. The molecule has 0 bridgehead atoms. The van der Waals surface area contributed by atoms with Gasteiger partial charge in [-0.15, -0.1) is 0 Å². The summed E-state index contributed by atoms with van der Waals surface area (Å²) in [5.74, 6) is -0.113. The van der Waals surface area contributed by atoms with Gasteiger partial charge < -0.3 is 15.0 Å². The fourth-order valence-corrected chi connectivity index (χ4v) is 3.63. The van der Waals surface area contributed by atoms with Gasteiger partial charge >= 0.3 is 0 Å². The third kappa shape index (κ3) is 3.59. The van der Waals surface area contributed by atoms with Gasteiger partial charge in [0.25, 0.3) is 5.91 Å². The topological polar surface area (TPSA) is 67.4 Å². The first-order chi connectivity index (χ1) is 14.2. The molecule has 0 aliphatic carbocycles. The van der Waals surface area contributed by atoms with E-state index in [-0.39, 0.29) is 12.0 Å². The van der Waals surface area contributed by atoms with Crippen LogP contribution in [0.4, 0.5) is 0 Å². The molecule has 1 saturated heterocycles. The first kappa shape index (κ1) is 17.8. The Bertz CT molecular complexity index is 1120. The van der Waals surface area contributed by atoms with Crippen LogP contribution in [0.15, 0.2) is 48.8 Å². The second-order valence-corrected chi connectivity index (χ2v) is 7.59. The molecule has 146 valence electrons. The summed E-state index contributed by atoms with van der Waals surface area (Å²) in [5.41, 5.74) is 6.38. The Morgan fingerprint density at radius 2 is 2.14 bits per heavy atom. The quantitative estimate of drug-likeness (QED) is 0.746. The van der Waals surface area contributed by atoms with Crippen LogP contribution < -0.4 is 5.32 Å². The van der Waals surface area contributed by atoms with E-state index in [1.165, 1.54) is 11.1 Å². The third-order valence-electron chi connectivity index (χ3n) is 5.46. The molecule has 2 aromatic carbocycles. The second-order valence-electron chi connectivity index (χ2n) is 7.59. The zero-order valence-electron chi connectivity index (χ0n) is 16.3. The van der Waals surface area contributed by atoms with Crippen LogP contribution >= 0.6 is 0 Å². The van der Waals surface area contributed by atoms with Gasteiger partial charge in [-0.25, -0.2) is 4.98 Å². The lowest BCUT2D eigenvalue weighted by Crippen LogP contribution is -2.39. The number of amides is 1. The molecule has 5 rings (SSSR count). The largest absolute Gasteiger partial charge is 0.376 e. The van der Waals surface area contributed by atoms with Crippen LogP contribution in [-0.2, 0) is 11.3 Å². The highest BCUT2D eigenvalue weighted by atomic mass is 16.5. The predicted molar refractivity (Wildman–Crippen MR) is 112 cm³/mol. The van der Waals surface area contributed by atoms with Crippen molar-refractivity contribution in [1.29, 1.82) is 0 Å². The number of carbonyl (C=O) groups is 1. The van der Waals surface area contributed by atoms with E-state index in [1.807, 2.05) is 6.07 Å². The van der Waals surface area contributed by atoms with Crippen LogP contribution in [0.1, 0.15) is 27.9 Å². The number of benzene rings is 2. The van der Waals surface area contributed by atoms with Crippen molar-refractivity contribution in [1.82, 2.24) is 20.2 Å². The van der Waals surface area contributed by atoms with Gasteiger partial charge in [0.05, 0.1) is 29.0 Å². The zero-order chi connectivity index (χ0) is 19.8. The Kier molecular flexibility index (Phi) is 4.48. The minimum atomic E-state index is -0.113. The van der Waals surface area contributed by atoms with Crippen molar-refractivity contribution in [3.05, 3.63) is 65.5 Å². The van der Waals surface area contributed by atoms with Crippen molar-refractivity contribution in [3.63, 3.8) is 0 Å². The summed E-state index contributed by atoms with van der Waals surface area (Å²) in [5, 5.41) is 2.93. The molecule has 2 aliphatic rings. The number of rotatable bonds is 4. The number of nitrogens with one attached hydrogen (secondary N) is 1. The fraction of sp³-hybridized carbons (Fsp3) is 0.261. The highest BCUT2D eigenvalue weighted by Crippen LogP contribution is 2.26. The van der Waals surface area contributed by atoms with Crippen LogP contribution in [0.2, 0.25) is 0 Å². The third-order valence-corrected chi connectivity index (χ3v) is 5.46. The molecule has 6 heteroatoms. The maximum absolute atomic E-state index is 12.4. The summed E-state index contributed by atoms with van der Waals surface area (Å²) >= 11 is 0. The molecule has 0 spiro atoms. The van der Waals surface area contributed by atoms with E-state index in [0.29, 0.717) is 17.6 Å². The molecule has 1 N–H and O–H groups in total. The monoisotopic (exact) mass is 386 g/mol. The Balaban J connectivity index is 1.42. The van der Waals surface area contributed by atoms with E-state index >= 15 is 0 Å². The lowest BCUT2D eigenvalue weighted by atomic mass is 10.00. The minimum Gasteiger partial charge on any atom is -0.376 e. The van der Waals surface area contributed by atoms with E-state index in [0.717, 1.165) is 36.3 Å². The summed E-state index contributed by atoms with van der Waals surface area (Å²) in [4.78, 5) is 23.9. The van der Waals surface area contributed by atoms with E-state index in [4.69, 9.17) is 9.72 Å². The number of fused-ring (bicyclic) bond motifs is 2. The molecule has 1 aromatic heterocycles. The average Bonchev–Trinajstić information content (AvgIpc) is 2.71. The van der Waals surface area contributed by atoms with Gasteiger partial charge in [0.1, 0.15) is 0 Å². The number of carbonyl (C=O) groups excluding carboxylic acids is 1. The lowest BCUT2D eigenvalue weighted by molar-refractivity contribution is -0.0472. The van der Waals surface area contributed by atoms with Crippen molar-refractivity contribution < 1.29 is 9.53 Å². The molecule has 0 saturated carbocycles. The van der Waals surface area contributed by atoms with Gasteiger partial charge in [-0.05, 0) is 54.1 Å². The maximum Gasteiger partial charge on any atom is 0.251 e. The highest BCUT2D eigenvalue weighted by molar-refractivity contribution is 5.97. The van der Waals surface area contributed by atoms with Gasteiger partial charge in [-0.3, -0.25) is 9.78 Å². The molecule has 29 heavy (non-hydrogen) atoms. The number of nitrogens with zero attached hydrogens (tertiary/aromatic N) is 3. The smallest absolute Gasteiger partial charge is 0.251 e. The fourth-order valence-electron chi connectivity index (χ4n) is 3.63. The van der Waals surface area contributed by atoms with Crippen LogP contribution in [-0.4, -0.2) is 47.1 Å². The standard InChI is InChI=1S/C23H22N4O2/c1-27-8-6-15-10-16(2-3-18(15)14-27)22-13-24-20-5-4-17(11-21(20)26-22)23(28)25-12-19-7-9-29-19/h2-6,8,10-11,13,19H,7,9,12,14H2,1H3,(H,25,28). The summed E-state index contributed by atoms with van der Waals surface area (Å²) in [6.45, 7) is 2.23. The molecule has 3 aromatic rings. The Labute approximate surface area is 169 Å². The van der Waals surface area contributed by atoms with Gasteiger partial charge in [0.15, 0.2) is 0 Å². The van der Waals surface area contributed by atoms with Crippen molar-refractivity contribution in [2.45, 2.75) is 19.1 Å².